The SMILES string of the molecule is CC(C)(C)C(O)(CN)c1ccccc1F. The topological polar surface area (TPSA) is 46.2 Å². The van der Waals surface area contributed by atoms with E-state index in [0.29, 0.717) is 0 Å². The molecule has 3 N–H and O–H groups in total. The summed E-state index contributed by atoms with van der Waals surface area (Å²) >= 11 is 0. The molecule has 0 bridgehead atoms. The lowest BCUT2D eigenvalue weighted by atomic mass is 9.72. The summed E-state index contributed by atoms with van der Waals surface area (Å²) in [4.78, 5) is 0. The second-order valence-corrected chi connectivity index (χ2v) is 4.79. The summed E-state index contributed by atoms with van der Waals surface area (Å²) < 4.78 is 13.6. The van der Waals surface area contributed by atoms with Crippen LogP contribution in [0.1, 0.15) is 26.3 Å². The molecular formula is C12H18FNO. The lowest BCUT2D eigenvalue weighted by Crippen LogP contribution is -2.46. The van der Waals surface area contributed by atoms with Crippen LogP contribution in [0.4, 0.5) is 4.39 Å². The summed E-state index contributed by atoms with van der Waals surface area (Å²) in [5.74, 6) is -0.416. The molecule has 1 rings (SSSR count). The smallest absolute Gasteiger partial charge is 0.129 e. The van der Waals surface area contributed by atoms with Crippen LogP contribution in [-0.2, 0) is 5.60 Å². The molecule has 3 heteroatoms. The normalized spacial score (nSPS) is 16.1. The first-order valence-corrected chi connectivity index (χ1v) is 5.00. The van der Waals surface area contributed by atoms with Crippen molar-refractivity contribution >= 4 is 0 Å². The highest BCUT2D eigenvalue weighted by Gasteiger charge is 2.42. The summed E-state index contributed by atoms with van der Waals surface area (Å²) in [6, 6.07) is 6.21. The molecule has 0 saturated heterocycles. The summed E-state index contributed by atoms with van der Waals surface area (Å²) in [7, 11) is 0. The van der Waals surface area contributed by atoms with Gasteiger partial charge in [-0.05, 0) is 11.5 Å². The molecule has 0 aliphatic rings. The van der Waals surface area contributed by atoms with Crippen molar-refractivity contribution in [3.05, 3.63) is 35.6 Å². The molecule has 0 aliphatic carbocycles. The van der Waals surface area contributed by atoms with Gasteiger partial charge in [0.05, 0.1) is 0 Å². The number of aliphatic hydroxyl groups is 1. The van der Waals surface area contributed by atoms with E-state index in [2.05, 4.69) is 0 Å². The minimum absolute atomic E-state index is 0.00255. The van der Waals surface area contributed by atoms with E-state index in [4.69, 9.17) is 5.73 Å². The fourth-order valence-electron chi connectivity index (χ4n) is 1.62. The van der Waals surface area contributed by atoms with E-state index in [0.717, 1.165) is 0 Å². The molecule has 0 aliphatic heterocycles. The van der Waals surface area contributed by atoms with Crippen LogP contribution in [0.15, 0.2) is 24.3 Å². The lowest BCUT2D eigenvalue weighted by molar-refractivity contribution is -0.0583. The molecule has 1 aromatic rings. The van der Waals surface area contributed by atoms with E-state index in [1.165, 1.54) is 6.07 Å². The van der Waals surface area contributed by atoms with Crippen molar-refractivity contribution in [2.45, 2.75) is 26.4 Å². The number of nitrogens with two attached hydrogens (primary N) is 1. The van der Waals surface area contributed by atoms with Gasteiger partial charge in [-0.25, -0.2) is 4.39 Å². The Kier molecular flexibility index (Phi) is 3.16. The zero-order valence-corrected chi connectivity index (χ0v) is 9.42. The van der Waals surface area contributed by atoms with Crippen LogP contribution in [-0.4, -0.2) is 11.7 Å². The molecule has 84 valence electrons. The van der Waals surface area contributed by atoms with E-state index in [1.54, 1.807) is 18.2 Å². The van der Waals surface area contributed by atoms with Crippen LogP contribution in [0.5, 0.6) is 0 Å². The Morgan fingerprint density at radius 3 is 2.20 bits per heavy atom. The Labute approximate surface area is 89.9 Å². The molecule has 1 aromatic carbocycles. The second kappa shape index (κ2) is 3.91. The number of halogens is 1. The molecule has 2 nitrogen and oxygen atoms in total. The second-order valence-electron chi connectivity index (χ2n) is 4.79. The fourth-order valence-corrected chi connectivity index (χ4v) is 1.62. The van der Waals surface area contributed by atoms with E-state index < -0.39 is 16.8 Å². The van der Waals surface area contributed by atoms with Crippen LogP contribution in [0, 0.1) is 11.2 Å². The van der Waals surface area contributed by atoms with Gasteiger partial charge in [-0.1, -0.05) is 39.0 Å². The predicted molar refractivity (Wildman–Crippen MR) is 58.8 cm³/mol. The minimum Gasteiger partial charge on any atom is -0.383 e. The van der Waals surface area contributed by atoms with E-state index in [9.17, 15) is 9.50 Å². The highest BCUT2D eigenvalue weighted by atomic mass is 19.1. The van der Waals surface area contributed by atoms with Crippen molar-refractivity contribution in [2.24, 2.45) is 11.1 Å². The van der Waals surface area contributed by atoms with Gasteiger partial charge in [0.15, 0.2) is 0 Å². The summed E-state index contributed by atoms with van der Waals surface area (Å²) in [5, 5.41) is 10.4. The Bertz CT molecular complexity index is 346. The van der Waals surface area contributed by atoms with Gasteiger partial charge < -0.3 is 10.8 Å². The Morgan fingerprint density at radius 2 is 1.80 bits per heavy atom. The van der Waals surface area contributed by atoms with Crippen LogP contribution >= 0.6 is 0 Å². The van der Waals surface area contributed by atoms with Crippen LogP contribution in [0.25, 0.3) is 0 Å². The van der Waals surface area contributed by atoms with Gasteiger partial charge in [-0.15, -0.1) is 0 Å². The molecule has 0 spiro atoms. The van der Waals surface area contributed by atoms with Gasteiger partial charge in [0, 0.05) is 12.1 Å². The van der Waals surface area contributed by atoms with Crippen molar-refractivity contribution < 1.29 is 9.50 Å². The molecule has 1 atom stereocenters. The maximum Gasteiger partial charge on any atom is 0.129 e. The first-order valence-electron chi connectivity index (χ1n) is 5.00. The Morgan fingerprint density at radius 1 is 1.27 bits per heavy atom. The van der Waals surface area contributed by atoms with Gasteiger partial charge in [0.1, 0.15) is 11.4 Å². The van der Waals surface area contributed by atoms with Crippen LogP contribution in [0.3, 0.4) is 0 Å². The molecule has 0 heterocycles. The third-order valence-corrected chi connectivity index (χ3v) is 2.86. The monoisotopic (exact) mass is 211 g/mol. The van der Waals surface area contributed by atoms with Crippen molar-refractivity contribution in [1.29, 1.82) is 0 Å². The summed E-state index contributed by atoms with van der Waals surface area (Å²) in [6.07, 6.45) is 0. The van der Waals surface area contributed by atoms with E-state index >= 15 is 0 Å². The summed E-state index contributed by atoms with van der Waals surface area (Å²) in [6.45, 7) is 5.52. The highest BCUT2D eigenvalue weighted by Crippen LogP contribution is 2.39. The largest absolute Gasteiger partial charge is 0.383 e. The lowest BCUT2D eigenvalue weighted by Gasteiger charge is -2.40. The van der Waals surface area contributed by atoms with Crippen LogP contribution < -0.4 is 5.73 Å². The maximum absolute atomic E-state index is 13.6. The number of hydrogen-bond donors (Lipinski definition) is 2. The van der Waals surface area contributed by atoms with Crippen molar-refractivity contribution in [1.82, 2.24) is 0 Å². The van der Waals surface area contributed by atoms with Gasteiger partial charge in [0.25, 0.3) is 0 Å². The minimum atomic E-state index is -1.33. The van der Waals surface area contributed by atoms with Gasteiger partial charge in [0.2, 0.25) is 0 Å². The van der Waals surface area contributed by atoms with Crippen LogP contribution in [0.2, 0.25) is 0 Å². The molecule has 0 fully saturated rings. The first-order chi connectivity index (χ1) is 6.83. The van der Waals surface area contributed by atoms with Gasteiger partial charge >= 0.3 is 0 Å². The molecule has 0 aromatic heterocycles. The van der Waals surface area contributed by atoms with Crippen molar-refractivity contribution in [3.8, 4) is 0 Å². The zero-order chi connectivity index (χ0) is 11.7. The van der Waals surface area contributed by atoms with E-state index in [-0.39, 0.29) is 12.1 Å². The highest BCUT2D eigenvalue weighted by molar-refractivity contribution is 5.26. The maximum atomic E-state index is 13.6. The molecule has 15 heavy (non-hydrogen) atoms. The third kappa shape index (κ3) is 2.03. The fraction of sp³-hybridized carbons (Fsp3) is 0.500. The Hall–Kier alpha value is -0.930. The molecule has 0 amide bonds. The van der Waals surface area contributed by atoms with Gasteiger partial charge in [-0.3, -0.25) is 0 Å². The first kappa shape index (κ1) is 12.1. The number of hydrogen-bond acceptors (Lipinski definition) is 2. The third-order valence-electron chi connectivity index (χ3n) is 2.86. The Balaban J connectivity index is 3.30. The standard InChI is InChI=1S/C12H18FNO/c1-11(2,3)12(15,8-14)9-6-4-5-7-10(9)13/h4-7,15H,8,14H2,1-3H3. The van der Waals surface area contributed by atoms with Crippen molar-refractivity contribution in [3.63, 3.8) is 0 Å². The molecule has 0 saturated carbocycles. The number of benzene rings is 1. The summed E-state index contributed by atoms with van der Waals surface area (Å²) in [5.41, 5.74) is 4.00. The van der Waals surface area contributed by atoms with Gasteiger partial charge in [-0.2, -0.15) is 0 Å². The molecular weight excluding hydrogens is 193 g/mol. The molecule has 0 radical (unpaired) electrons. The average Bonchev–Trinajstić information content (AvgIpc) is 2.15. The predicted octanol–water partition coefficient (Wildman–Crippen LogP) is 2.02. The number of rotatable bonds is 2. The van der Waals surface area contributed by atoms with Crippen molar-refractivity contribution in [2.75, 3.05) is 6.54 Å². The average molecular weight is 211 g/mol. The van der Waals surface area contributed by atoms with E-state index in [1.807, 2.05) is 20.8 Å². The zero-order valence-electron chi connectivity index (χ0n) is 9.42. The molecule has 1 unspecified atom stereocenters. The quantitative estimate of drug-likeness (QED) is 0.786.